The number of rotatable bonds is 5. The second kappa shape index (κ2) is 6.48. The Balaban J connectivity index is 2.36. The molecule has 1 rings (SSSR count). The number of hydrogen-bond acceptors (Lipinski definition) is 3. The topological polar surface area (TPSA) is 55.4 Å². The van der Waals surface area contributed by atoms with E-state index in [1.807, 2.05) is 30.3 Å². The largest absolute Gasteiger partial charge is 0.466 e. The van der Waals surface area contributed by atoms with Gasteiger partial charge >= 0.3 is 5.97 Å². The van der Waals surface area contributed by atoms with Gasteiger partial charge in [0.25, 0.3) is 0 Å². The molecule has 0 bridgehead atoms. The van der Waals surface area contributed by atoms with Crippen molar-refractivity contribution in [2.75, 3.05) is 7.11 Å². The molecular formula is C13H15NO3. The smallest absolute Gasteiger partial charge is 0.333 e. The summed E-state index contributed by atoms with van der Waals surface area (Å²) >= 11 is 0. The summed E-state index contributed by atoms with van der Waals surface area (Å²) < 4.78 is 4.46. The Morgan fingerprint density at radius 1 is 1.29 bits per heavy atom. The van der Waals surface area contributed by atoms with Crippen LogP contribution in [-0.2, 0) is 20.9 Å². The molecule has 1 N–H and O–H groups in total. The van der Waals surface area contributed by atoms with Gasteiger partial charge in [-0.05, 0) is 5.56 Å². The number of carbonyl (C=O) groups is 2. The lowest BCUT2D eigenvalue weighted by Gasteiger charge is -2.06. The first-order valence-electron chi connectivity index (χ1n) is 5.20. The number of carbonyl (C=O) groups excluding carboxylic acids is 2. The fraction of sp³-hybridized carbons (Fsp3) is 0.231. The van der Waals surface area contributed by atoms with Crippen molar-refractivity contribution in [2.45, 2.75) is 13.0 Å². The standard InChI is InChI=1S/C13H15NO3/c1-10(13(16)17-2)8-12(15)14-9-11-6-4-3-5-7-11/h3-7H,1,8-9H2,2H3,(H,14,15). The molecule has 1 amide bonds. The molecule has 4 nitrogen and oxygen atoms in total. The van der Waals surface area contributed by atoms with Crippen molar-refractivity contribution >= 4 is 11.9 Å². The van der Waals surface area contributed by atoms with Gasteiger partial charge in [-0.3, -0.25) is 4.79 Å². The zero-order chi connectivity index (χ0) is 12.7. The van der Waals surface area contributed by atoms with Gasteiger partial charge in [0.05, 0.1) is 13.5 Å². The minimum atomic E-state index is -0.556. The lowest BCUT2D eigenvalue weighted by Crippen LogP contribution is -2.24. The summed E-state index contributed by atoms with van der Waals surface area (Å²) in [6, 6.07) is 9.53. The average molecular weight is 233 g/mol. The Morgan fingerprint density at radius 3 is 2.53 bits per heavy atom. The van der Waals surface area contributed by atoms with E-state index in [1.54, 1.807) is 0 Å². The van der Waals surface area contributed by atoms with Gasteiger partial charge in [0, 0.05) is 12.1 Å². The maximum atomic E-state index is 11.5. The molecule has 1 aromatic rings. The molecule has 0 atom stereocenters. The molecule has 4 heteroatoms. The van der Waals surface area contributed by atoms with Gasteiger partial charge in [0.15, 0.2) is 0 Å². The predicted molar refractivity (Wildman–Crippen MR) is 64.1 cm³/mol. The highest BCUT2D eigenvalue weighted by atomic mass is 16.5. The quantitative estimate of drug-likeness (QED) is 0.618. The second-order valence-electron chi connectivity index (χ2n) is 3.53. The summed E-state index contributed by atoms with van der Waals surface area (Å²) in [5, 5.41) is 2.70. The number of esters is 1. The Bertz CT molecular complexity index is 412. The summed E-state index contributed by atoms with van der Waals surface area (Å²) in [5.41, 5.74) is 1.16. The van der Waals surface area contributed by atoms with E-state index in [9.17, 15) is 9.59 Å². The van der Waals surface area contributed by atoms with Crippen LogP contribution in [-0.4, -0.2) is 19.0 Å². The molecule has 0 unspecified atom stereocenters. The molecule has 90 valence electrons. The molecule has 0 fully saturated rings. The third-order valence-corrected chi connectivity index (χ3v) is 2.18. The summed E-state index contributed by atoms with van der Waals surface area (Å²) in [6.07, 6.45) is -0.0422. The predicted octanol–water partition coefficient (Wildman–Crippen LogP) is 1.42. The van der Waals surface area contributed by atoms with Crippen LogP contribution in [0.25, 0.3) is 0 Å². The van der Waals surface area contributed by atoms with Crippen molar-refractivity contribution in [3.8, 4) is 0 Å². The van der Waals surface area contributed by atoms with Crippen molar-refractivity contribution < 1.29 is 14.3 Å². The molecule has 0 aliphatic rings. The van der Waals surface area contributed by atoms with Crippen LogP contribution in [0.1, 0.15) is 12.0 Å². The van der Waals surface area contributed by atoms with Crippen LogP contribution >= 0.6 is 0 Å². The van der Waals surface area contributed by atoms with E-state index in [0.717, 1.165) is 5.56 Å². The molecule has 0 spiro atoms. The lowest BCUT2D eigenvalue weighted by molar-refractivity contribution is -0.137. The van der Waals surface area contributed by atoms with Crippen LogP contribution < -0.4 is 5.32 Å². The van der Waals surface area contributed by atoms with Gasteiger partial charge in [-0.25, -0.2) is 4.79 Å². The van der Waals surface area contributed by atoms with E-state index in [1.165, 1.54) is 7.11 Å². The normalized spacial score (nSPS) is 9.47. The van der Waals surface area contributed by atoms with Crippen molar-refractivity contribution in [1.29, 1.82) is 0 Å². The van der Waals surface area contributed by atoms with Crippen LogP contribution in [0.15, 0.2) is 42.5 Å². The highest BCUT2D eigenvalue weighted by Gasteiger charge is 2.11. The Hall–Kier alpha value is -2.10. The van der Waals surface area contributed by atoms with Crippen LogP contribution in [0, 0.1) is 0 Å². The monoisotopic (exact) mass is 233 g/mol. The van der Waals surface area contributed by atoms with Gasteiger partial charge in [-0.15, -0.1) is 0 Å². The number of benzene rings is 1. The maximum absolute atomic E-state index is 11.5. The van der Waals surface area contributed by atoms with Crippen LogP contribution in [0.3, 0.4) is 0 Å². The molecule has 0 aromatic heterocycles. The van der Waals surface area contributed by atoms with E-state index in [2.05, 4.69) is 16.6 Å². The number of ether oxygens (including phenoxy) is 1. The van der Waals surface area contributed by atoms with E-state index >= 15 is 0 Å². The number of nitrogens with one attached hydrogen (secondary N) is 1. The second-order valence-corrected chi connectivity index (χ2v) is 3.53. The van der Waals surface area contributed by atoms with Crippen molar-refractivity contribution in [3.63, 3.8) is 0 Å². The minimum Gasteiger partial charge on any atom is -0.466 e. The van der Waals surface area contributed by atoms with Gasteiger partial charge < -0.3 is 10.1 Å². The van der Waals surface area contributed by atoms with Crippen LogP contribution in [0.5, 0.6) is 0 Å². The zero-order valence-electron chi connectivity index (χ0n) is 9.73. The number of methoxy groups -OCH3 is 1. The highest BCUT2D eigenvalue weighted by Crippen LogP contribution is 2.02. The fourth-order valence-electron chi connectivity index (χ4n) is 1.27. The van der Waals surface area contributed by atoms with Gasteiger partial charge in [0.1, 0.15) is 0 Å². The highest BCUT2D eigenvalue weighted by molar-refractivity contribution is 5.94. The minimum absolute atomic E-state index is 0.0422. The molecule has 0 radical (unpaired) electrons. The molecule has 0 aliphatic heterocycles. The van der Waals surface area contributed by atoms with Crippen LogP contribution in [0.2, 0.25) is 0 Å². The van der Waals surface area contributed by atoms with Gasteiger partial charge in [0.2, 0.25) is 5.91 Å². The van der Waals surface area contributed by atoms with E-state index in [4.69, 9.17) is 0 Å². The first-order valence-corrected chi connectivity index (χ1v) is 5.20. The fourth-order valence-corrected chi connectivity index (χ4v) is 1.27. The third-order valence-electron chi connectivity index (χ3n) is 2.18. The van der Waals surface area contributed by atoms with Crippen molar-refractivity contribution in [2.24, 2.45) is 0 Å². The summed E-state index contributed by atoms with van der Waals surface area (Å²) in [4.78, 5) is 22.5. The van der Waals surface area contributed by atoms with E-state index in [0.29, 0.717) is 6.54 Å². The lowest BCUT2D eigenvalue weighted by atomic mass is 10.2. The Labute approximate surface area is 100 Å². The average Bonchev–Trinajstić information content (AvgIpc) is 2.36. The summed E-state index contributed by atoms with van der Waals surface area (Å²) in [5.74, 6) is -0.802. The zero-order valence-corrected chi connectivity index (χ0v) is 9.73. The molecule has 0 saturated carbocycles. The van der Waals surface area contributed by atoms with Crippen molar-refractivity contribution in [1.82, 2.24) is 5.32 Å². The Kier molecular flexibility index (Phi) is 4.94. The molecular weight excluding hydrogens is 218 g/mol. The maximum Gasteiger partial charge on any atom is 0.333 e. The van der Waals surface area contributed by atoms with Gasteiger partial charge in [-0.2, -0.15) is 0 Å². The summed E-state index contributed by atoms with van der Waals surface area (Å²) in [6.45, 7) is 3.92. The van der Waals surface area contributed by atoms with Gasteiger partial charge in [-0.1, -0.05) is 36.9 Å². The molecule has 0 saturated heterocycles. The third kappa shape index (κ3) is 4.51. The molecule has 0 heterocycles. The number of amides is 1. The number of hydrogen-bond donors (Lipinski definition) is 1. The first kappa shape index (κ1) is 13.0. The molecule has 0 aliphatic carbocycles. The summed E-state index contributed by atoms with van der Waals surface area (Å²) in [7, 11) is 1.26. The van der Waals surface area contributed by atoms with Crippen LogP contribution in [0.4, 0.5) is 0 Å². The van der Waals surface area contributed by atoms with E-state index < -0.39 is 5.97 Å². The SMILES string of the molecule is C=C(CC(=O)NCc1ccccc1)C(=O)OC. The Morgan fingerprint density at radius 2 is 1.94 bits per heavy atom. The van der Waals surface area contributed by atoms with Crippen molar-refractivity contribution in [3.05, 3.63) is 48.0 Å². The first-order chi connectivity index (χ1) is 8.13. The van der Waals surface area contributed by atoms with E-state index in [-0.39, 0.29) is 17.9 Å². The molecule has 1 aromatic carbocycles. The molecule has 17 heavy (non-hydrogen) atoms.